The van der Waals surface area contributed by atoms with Crippen molar-refractivity contribution < 1.29 is 4.79 Å². The van der Waals surface area contributed by atoms with Crippen molar-refractivity contribution in [3.8, 4) is 0 Å². The number of hydrogen-bond acceptors (Lipinski definition) is 3. The lowest BCUT2D eigenvalue weighted by Gasteiger charge is -2.07. The largest absolute Gasteiger partial charge is 0.397 e. The van der Waals surface area contributed by atoms with E-state index in [2.05, 4.69) is 5.32 Å². The molecule has 0 unspecified atom stereocenters. The molecule has 0 saturated heterocycles. The second-order valence-corrected chi connectivity index (χ2v) is 4.59. The maximum atomic E-state index is 11.9. The molecule has 2 aromatic carbocycles. The van der Waals surface area contributed by atoms with Crippen molar-refractivity contribution >= 4 is 28.9 Å². The van der Waals surface area contributed by atoms with Gasteiger partial charge in [0.1, 0.15) is 0 Å². The second-order valence-electron chi connectivity index (χ2n) is 4.16. The Morgan fingerprint density at radius 3 is 2.58 bits per heavy atom. The summed E-state index contributed by atoms with van der Waals surface area (Å²) in [5.41, 5.74) is 13.5. The van der Waals surface area contributed by atoms with Gasteiger partial charge in [0.15, 0.2) is 0 Å². The highest BCUT2D eigenvalue weighted by molar-refractivity contribution is 6.30. The summed E-state index contributed by atoms with van der Waals surface area (Å²) in [6.45, 7) is 0.406. The van der Waals surface area contributed by atoms with Crippen LogP contribution in [0.4, 0.5) is 11.4 Å². The molecule has 0 radical (unpaired) electrons. The van der Waals surface area contributed by atoms with Gasteiger partial charge in [-0.15, -0.1) is 0 Å². The molecule has 2 aromatic rings. The van der Waals surface area contributed by atoms with Crippen LogP contribution in [0.5, 0.6) is 0 Å². The predicted molar refractivity (Wildman–Crippen MR) is 77.9 cm³/mol. The SMILES string of the molecule is Nc1ccc(C(=O)NCc2cccc(Cl)c2)cc1N. The summed E-state index contributed by atoms with van der Waals surface area (Å²) in [4.78, 5) is 11.9. The maximum absolute atomic E-state index is 11.9. The zero-order valence-corrected chi connectivity index (χ0v) is 10.9. The molecular formula is C14H14ClN3O. The summed E-state index contributed by atoms with van der Waals surface area (Å²) in [6.07, 6.45) is 0. The molecule has 98 valence electrons. The summed E-state index contributed by atoms with van der Waals surface area (Å²) >= 11 is 5.87. The Kier molecular flexibility index (Phi) is 3.92. The Morgan fingerprint density at radius 2 is 1.89 bits per heavy atom. The van der Waals surface area contributed by atoms with Crippen LogP contribution in [-0.2, 0) is 6.54 Å². The number of anilines is 2. The highest BCUT2D eigenvalue weighted by Crippen LogP contribution is 2.16. The number of hydrogen-bond donors (Lipinski definition) is 3. The maximum Gasteiger partial charge on any atom is 0.251 e. The molecule has 0 aromatic heterocycles. The molecule has 5 N–H and O–H groups in total. The zero-order valence-electron chi connectivity index (χ0n) is 10.2. The van der Waals surface area contributed by atoms with Crippen molar-refractivity contribution in [2.45, 2.75) is 6.54 Å². The molecular weight excluding hydrogens is 262 g/mol. The van der Waals surface area contributed by atoms with E-state index in [-0.39, 0.29) is 5.91 Å². The summed E-state index contributed by atoms with van der Waals surface area (Å²) in [5.74, 6) is -0.202. The average molecular weight is 276 g/mol. The highest BCUT2D eigenvalue weighted by Gasteiger charge is 2.07. The van der Waals surface area contributed by atoms with Crippen LogP contribution in [0.1, 0.15) is 15.9 Å². The molecule has 5 heteroatoms. The van der Waals surface area contributed by atoms with Gasteiger partial charge in [-0.05, 0) is 35.9 Å². The lowest BCUT2D eigenvalue weighted by Crippen LogP contribution is -2.22. The number of nitrogens with two attached hydrogens (primary N) is 2. The minimum atomic E-state index is -0.202. The normalized spacial score (nSPS) is 10.2. The van der Waals surface area contributed by atoms with Gasteiger partial charge in [0.25, 0.3) is 5.91 Å². The van der Waals surface area contributed by atoms with Crippen LogP contribution < -0.4 is 16.8 Å². The zero-order chi connectivity index (χ0) is 13.8. The van der Waals surface area contributed by atoms with Crippen LogP contribution in [0.15, 0.2) is 42.5 Å². The van der Waals surface area contributed by atoms with E-state index in [1.54, 1.807) is 30.3 Å². The van der Waals surface area contributed by atoms with Crippen molar-refractivity contribution in [1.82, 2.24) is 5.32 Å². The quantitative estimate of drug-likeness (QED) is 0.753. The smallest absolute Gasteiger partial charge is 0.251 e. The lowest BCUT2D eigenvalue weighted by atomic mass is 10.1. The molecule has 0 fully saturated rings. The third kappa shape index (κ3) is 3.39. The van der Waals surface area contributed by atoms with E-state index in [0.29, 0.717) is 28.5 Å². The van der Waals surface area contributed by atoms with Gasteiger partial charge < -0.3 is 16.8 Å². The van der Waals surface area contributed by atoms with E-state index < -0.39 is 0 Å². The van der Waals surface area contributed by atoms with E-state index in [9.17, 15) is 4.79 Å². The number of nitrogens with one attached hydrogen (secondary N) is 1. The topological polar surface area (TPSA) is 81.1 Å². The second kappa shape index (κ2) is 5.63. The van der Waals surface area contributed by atoms with Crippen molar-refractivity contribution in [3.05, 3.63) is 58.6 Å². The Hall–Kier alpha value is -2.20. The molecule has 0 bridgehead atoms. The monoisotopic (exact) mass is 275 g/mol. The first-order valence-electron chi connectivity index (χ1n) is 5.74. The van der Waals surface area contributed by atoms with Crippen LogP contribution in [-0.4, -0.2) is 5.91 Å². The molecule has 0 aliphatic heterocycles. The van der Waals surface area contributed by atoms with Crippen molar-refractivity contribution in [2.75, 3.05) is 11.5 Å². The molecule has 1 amide bonds. The van der Waals surface area contributed by atoms with Gasteiger partial charge in [-0.3, -0.25) is 4.79 Å². The van der Waals surface area contributed by atoms with E-state index >= 15 is 0 Å². The minimum absolute atomic E-state index is 0.202. The Labute approximate surface area is 116 Å². The van der Waals surface area contributed by atoms with Gasteiger partial charge in [0.05, 0.1) is 11.4 Å². The van der Waals surface area contributed by atoms with Gasteiger partial charge in [0.2, 0.25) is 0 Å². The first kappa shape index (κ1) is 13.2. The lowest BCUT2D eigenvalue weighted by molar-refractivity contribution is 0.0951. The number of benzene rings is 2. The van der Waals surface area contributed by atoms with Gasteiger partial charge in [-0.2, -0.15) is 0 Å². The number of carbonyl (C=O) groups excluding carboxylic acids is 1. The van der Waals surface area contributed by atoms with Crippen molar-refractivity contribution in [2.24, 2.45) is 0 Å². The van der Waals surface area contributed by atoms with Crippen molar-refractivity contribution in [3.63, 3.8) is 0 Å². The number of carbonyl (C=O) groups is 1. The number of halogens is 1. The Bertz CT molecular complexity index is 613. The van der Waals surface area contributed by atoms with Gasteiger partial charge in [-0.1, -0.05) is 23.7 Å². The first-order valence-corrected chi connectivity index (χ1v) is 6.11. The van der Waals surface area contributed by atoms with Gasteiger partial charge >= 0.3 is 0 Å². The van der Waals surface area contributed by atoms with E-state index in [0.717, 1.165) is 5.56 Å². The molecule has 0 spiro atoms. The van der Waals surface area contributed by atoms with Crippen molar-refractivity contribution in [1.29, 1.82) is 0 Å². The predicted octanol–water partition coefficient (Wildman–Crippen LogP) is 2.43. The first-order chi connectivity index (χ1) is 9.06. The van der Waals surface area contributed by atoms with Crippen LogP contribution in [0.2, 0.25) is 5.02 Å². The molecule has 0 heterocycles. The van der Waals surface area contributed by atoms with Crippen LogP contribution in [0.3, 0.4) is 0 Å². The fraction of sp³-hybridized carbons (Fsp3) is 0.0714. The van der Waals surface area contributed by atoms with E-state index in [4.69, 9.17) is 23.1 Å². The number of nitrogen functional groups attached to an aromatic ring is 2. The summed E-state index contributed by atoms with van der Waals surface area (Å²) in [6, 6.07) is 12.1. The number of rotatable bonds is 3. The molecule has 2 rings (SSSR count). The fourth-order valence-corrected chi connectivity index (χ4v) is 1.86. The average Bonchev–Trinajstić information content (AvgIpc) is 2.39. The van der Waals surface area contributed by atoms with Gasteiger partial charge in [0, 0.05) is 17.1 Å². The van der Waals surface area contributed by atoms with E-state index in [1.807, 2.05) is 12.1 Å². The van der Waals surface area contributed by atoms with Crippen LogP contribution >= 0.6 is 11.6 Å². The number of amides is 1. The Morgan fingerprint density at radius 1 is 1.11 bits per heavy atom. The third-order valence-corrected chi connectivity index (χ3v) is 2.93. The van der Waals surface area contributed by atoms with E-state index in [1.165, 1.54) is 0 Å². The van der Waals surface area contributed by atoms with Crippen LogP contribution in [0, 0.1) is 0 Å². The molecule has 4 nitrogen and oxygen atoms in total. The minimum Gasteiger partial charge on any atom is -0.397 e. The molecule has 0 aliphatic carbocycles. The summed E-state index contributed by atoms with van der Waals surface area (Å²) in [5, 5.41) is 3.44. The standard InChI is InChI=1S/C14H14ClN3O/c15-11-3-1-2-9(6-11)8-18-14(19)10-4-5-12(16)13(17)7-10/h1-7H,8,16-17H2,(H,18,19). The third-order valence-electron chi connectivity index (χ3n) is 2.69. The highest BCUT2D eigenvalue weighted by atomic mass is 35.5. The molecule has 0 saturated carbocycles. The summed E-state index contributed by atoms with van der Waals surface area (Å²) < 4.78 is 0. The van der Waals surface area contributed by atoms with Gasteiger partial charge in [-0.25, -0.2) is 0 Å². The fourth-order valence-electron chi connectivity index (χ4n) is 1.65. The van der Waals surface area contributed by atoms with Crippen LogP contribution in [0.25, 0.3) is 0 Å². The molecule has 0 aliphatic rings. The molecule has 19 heavy (non-hydrogen) atoms. The summed E-state index contributed by atoms with van der Waals surface area (Å²) in [7, 11) is 0. The molecule has 0 atom stereocenters. The Balaban J connectivity index is 2.03.